The van der Waals surface area contributed by atoms with Crippen LogP contribution < -0.4 is 19.5 Å². The second kappa shape index (κ2) is 7.37. The number of amides is 1. The zero-order valence-corrected chi connectivity index (χ0v) is 14.0. The van der Waals surface area contributed by atoms with E-state index in [1.165, 1.54) is 0 Å². The minimum atomic E-state index is -0.0525. The van der Waals surface area contributed by atoms with Crippen LogP contribution in [0, 0.1) is 0 Å². The normalized spacial score (nSPS) is 12.0. The molecule has 0 aliphatic carbocycles. The highest BCUT2D eigenvalue weighted by Gasteiger charge is 2.14. The minimum Gasteiger partial charge on any atom is -0.494 e. The summed E-state index contributed by atoms with van der Waals surface area (Å²) in [6.07, 6.45) is 1.04. The summed E-state index contributed by atoms with van der Waals surface area (Å²) in [6, 6.07) is 13.0. The van der Waals surface area contributed by atoms with Gasteiger partial charge in [0.05, 0.1) is 6.61 Å². The molecule has 0 saturated heterocycles. The number of halogens is 1. The van der Waals surface area contributed by atoms with Gasteiger partial charge in [-0.15, -0.1) is 0 Å². The summed E-state index contributed by atoms with van der Waals surface area (Å²) in [4.78, 5) is 11.9. The lowest BCUT2D eigenvalue weighted by molar-refractivity contribution is -0.116. The van der Waals surface area contributed by atoms with Crippen molar-refractivity contribution in [2.45, 2.75) is 12.8 Å². The summed E-state index contributed by atoms with van der Waals surface area (Å²) < 4.78 is 17.1. The lowest BCUT2D eigenvalue weighted by atomic mass is 10.2. The van der Waals surface area contributed by atoms with Gasteiger partial charge in [0.1, 0.15) is 5.75 Å². The van der Waals surface area contributed by atoms with Gasteiger partial charge < -0.3 is 19.5 Å². The van der Waals surface area contributed by atoms with Crippen molar-refractivity contribution >= 4 is 27.5 Å². The first-order valence-electron chi connectivity index (χ1n) is 7.28. The molecule has 0 saturated carbocycles. The van der Waals surface area contributed by atoms with Crippen LogP contribution in [0.2, 0.25) is 0 Å². The second-order valence-corrected chi connectivity index (χ2v) is 5.94. The Morgan fingerprint density at radius 1 is 1.13 bits per heavy atom. The molecule has 1 aliphatic heterocycles. The number of rotatable bonds is 6. The molecule has 23 heavy (non-hydrogen) atoms. The van der Waals surface area contributed by atoms with E-state index >= 15 is 0 Å². The van der Waals surface area contributed by atoms with E-state index in [2.05, 4.69) is 21.2 Å². The van der Waals surface area contributed by atoms with Crippen molar-refractivity contribution in [3.05, 3.63) is 46.9 Å². The van der Waals surface area contributed by atoms with E-state index in [4.69, 9.17) is 14.2 Å². The molecule has 1 amide bonds. The van der Waals surface area contributed by atoms with Gasteiger partial charge in [-0.3, -0.25) is 4.79 Å². The summed E-state index contributed by atoms with van der Waals surface area (Å²) >= 11 is 3.37. The maximum Gasteiger partial charge on any atom is 0.231 e. The Kier molecular flexibility index (Phi) is 5.02. The van der Waals surface area contributed by atoms with E-state index in [9.17, 15) is 4.79 Å². The maximum absolute atomic E-state index is 11.9. The van der Waals surface area contributed by atoms with Crippen molar-refractivity contribution in [2.75, 3.05) is 18.7 Å². The number of hydrogen-bond donors (Lipinski definition) is 1. The topological polar surface area (TPSA) is 56.8 Å². The first kappa shape index (κ1) is 15.7. The maximum atomic E-state index is 11.9. The van der Waals surface area contributed by atoms with Gasteiger partial charge in [0.15, 0.2) is 11.5 Å². The zero-order chi connectivity index (χ0) is 16.1. The van der Waals surface area contributed by atoms with Crippen LogP contribution in [0.5, 0.6) is 17.2 Å². The van der Waals surface area contributed by atoms with Gasteiger partial charge in [-0.1, -0.05) is 15.9 Å². The van der Waals surface area contributed by atoms with Crippen molar-refractivity contribution in [3.63, 3.8) is 0 Å². The first-order chi connectivity index (χ1) is 11.2. The van der Waals surface area contributed by atoms with E-state index in [1.54, 1.807) is 18.2 Å². The molecule has 1 heterocycles. The number of benzene rings is 2. The van der Waals surface area contributed by atoms with E-state index in [0.29, 0.717) is 36.6 Å². The van der Waals surface area contributed by atoms with Gasteiger partial charge in [-0.25, -0.2) is 0 Å². The van der Waals surface area contributed by atoms with Crippen LogP contribution in [0.3, 0.4) is 0 Å². The summed E-state index contributed by atoms with van der Waals surface area (Å²) in [7, 11) is 0. The van der Waals surface area contributed by atoms with Crippen LogP contribution in [0.1, 0.15) is 12.8 Å². The van der Waals surface area contributed by atoms with Crippen LogP contribution in [-0.4, -0.2) is 19.3 Å². The number of anilines is 1. The van der Waals surface area contributed by atoms with Gasteiger partial charge >= 0.3 is 0 Å². The standard InChI is InChI=1S/C17H16BrNO4/c18-12-3-6-14(7-4-12)21-9-1-2-17(20)19-13-5-8-15-16(10-13)23-11-22-15/h3-8,10H,1-2,9,11H2,(H,19,20). The predicted octanol–water partition coefficient (Wildman–Crippen LogP) is 3.98. The first-order valence-corrected chi connectivity index (χ1v) is 8.08. The molecule has 2 aromatic carbocycles. The van der Waals surface area contributed by atoms with Crippen LogP contribution in [0.4, 0.5) is 5.69 Å². The minimum absolute atomic E-state index is 0.0525. The third-order valence-electron chi connectivity index (χ3n) is 3.29. The fourth-order valence-corrected chi connectivity index (χ4v) is 2.42. The molecule has 0 radical (unpaired) electrons. The van der Waals surface area contributed by atoms with E-state index < -0.39 is 0 Å². The largest absolute Gasteiger partial charge is 0.494 e. The molecule has 1 aliphatic rings. The molecule has 6 heteroatoms. The molecule has 5 nitrogen and oxygen atoms in total. The van der Waals surface area contributed by atoms with Crippen molar-refractivity contribution in [3.8, 4) is 17.2 Å². The van der Waals surface area contributed by atoms with Crippen LogP contribution in [0.25, 0.3) is 0 Å². The number of carbonyl (C=O) groups is 1. The van der Waals surface area contributed by atoms with E-state index in [-0.39, 0.29) is 12.7 Å². The summed E-state index contributed by atoms with van der Waals surface area (Å²) in [5.74, 6) is 2.10. The molecule has 120 valence electrons. The highest BCUT2D eigenvalue weighted by atomic mass is 79.9. The predicted molar refractivity (Wildman–Crippen MR) is 90.1 cm³/mol. The molecule has 0 unspecified atom stereocenters. The Morgan fingerprint density at radius 3 is 2.74 bits per heavy atom. The summed E-state index contributed by atoms with van der Waals surface area (Å²) in [5, 5.41) is 2.84. The third-order valence-corrected chi connectivity index (χ3v) is 3.82. The molecule has 3 rings (SSSR count). The Bertz CT molecular complexity index is 687. The lowest BCUT2D eigenvalue weighted by Crippen LogP contribution is -2.12. The van der Waals surface area contributed by atoms with Gasteiger partial charge in [-0.2, -0.15) is 0 Å². The van der Waals surface area contributed by atoms with Crippen molar-refractivity contribution in [2.24, 2.45) is 0 Å². The quantitative estimate of drug-likeness (QED) is 0.773. The summed E-state index contributed by atoms with van der Waals surface area (Å²) in [5.41, 5.74) is 0.702. The number of nitrogens with one attached hydrogen (secondary N) is 1. The van der Waals surface area contributed by atoms with Crippen molar-refractivity contribution < 1.29 is 19.0 Å². The number of fused-ring (bicyclic) bond motifs is 1. The average molecular weight is 378 g/mol. The van der Waals surface area contributed by atoms with E-state index in [1.807, 2.05) is 24.3 Å². The Labute approximate surface area is 142 Å². The molecular formula is C17H16BrNO4. The number of hydrogen-bond acceptors (Lipinski definition) is 4. The SMILES string of the molecule is O=C(CCCOc1ccc(Br)cc1)Nc1ccc2c(c1)OCO2. The summed E-state index contributed by atoms with van der Waals surface area (Å²) in [6.45, 7) is 0.719. The second-order valence-electron chi connectivity index (χ2n) is 5.02. The fraction of sp³-hybridized carbons (Fsp3) is 0.235. The molecule has 0 spiro atoms. The Hall–Kier alpha value is -2.21. The average Bonchev–Trinajstić information content (AvgIpc) is 3.01. The van der Waals surface area contributed by atoms with Crippen molar-refractivity contribution in [1.29, 1.82) is 0 Å². The Morgan fingerprint density at radius 2 is 1.91 bits per heavy atom. The van der Waals surface area contributed by atoms with Gasteiger partial charge in [-0.05, 0) is 42.8 Å². The van der Waals surface area contributed by atoms with E-state index in [0.717, 1.165) is 10.2 Å². The highest BCUT2D eigenvalue weighted by Crippen LogP contribution is 2.34. The van der Waals surface area contributed by atoms with Crippen LogP contribution in [0.15, 0.2) is 46.9 Å². The van der Waals surface area contributed by atoms with Crippen molar-refractivity contribution in [1.82, 2.24) is 0 Å². The number of carbonyl (C=O) groups excluding carboxylic acids is 1. The molecule has 2 aromatic rings. The molecule has 0 bridgehead atoms. The molecule has 0 fully saturated rings. The number of ether oxygens (including phenoxy) is 3. The van der Waals surface area contributed by atoms with Gasteiger partial charge in [0.25, 0.3) is 0 Å². The fourth-order valence-electron chi connectivity index (χ4n) is 2.15. The molecule has 1 N–H and O–H groups in total. The third kappa shape index (κ3) is 4.39. The molecule has 0 atom stereocenters. The Balaban J connectivity index is 1.40. The van der Waals surface area contributed by atoms with Gasteiger partial charge in [0, 0.05) is 22.6 Å². The lowest BCUT2D eigenvalue weighted by Gasteiger charge is -2.08. The molecule has 0 aromatic heterocycles. The smallest absolute Gasteiger partial charge is 0.231 e. The highest BCUT2D eigenvalue weighted by molar-refractivity contribution is 9.10. The zero-order valence-electron chi connectivity index (χ0n) is 12.4. The van der Waals surface area contributed by atoms with Gasteiger partial charge in [0.2, 0.25) is 12.7 Å². The van der Waals surface area contributed by atoms with Crippen LogP contribution >= 0.6 is 15.9 Å². The molecular weight excluding hydrogens is 362 g/mol. The van der Waals surface area contributed by atoms with Crippen LogP contribution in [-0.2, 0) is 4.79 Å². The monoisotopic (exact) mass is 377 g/mol.